The van der Waals surface area contributed by atoms with Crippen molar-refractivity contribution in [3.8, 4) is 0 Å². The van der Waals surface area contributed by atoms with Crippen LogP contribution >= 0.6 is 11.3 Å². The van der Waals surface area contributed by atoms with E-state index in [4.69, 9.17) is 4.74 Å². The summed E-state index contributed by atoms with van der Waals surface area (Å²) in [5.74, 6) is 0. The Balaban J connectivity index is 0.00000156. The van der Waals surface area contributed by atoms with E-state index in [0.717, 1.165) is 36.2 Å². The Bertz CT molecular complexity index is 1040. The molecule has 3 N–H and O–H groups in total. The van der Waals surface area contributed by atoms with Gasteiger partial charge in [0.25, 0.3) is 0 Å². The van der Waals surface area contributed by atoms with E-state index >= 15 is 0 Å². The van der Waals surface area contributed by atoms with Gasteiger partial charge in [0.2, 0.25) is 0 Å². The maximum Gasteiger partial charge on any atom is 0.425 e. The number of hydrogen-bond donors (Lipinski definition) is 3. The lowest BCUT2D eigenvalue weighted by atomic mass is 9.76. The number of alkyl halides is 3. The highest BCUT2D eigenvalue weighted by atomic mass is 32.1. The van der Waals surface area contributed by atoms with Gasteiger partial charge in [0, 0.05) is 48.3 Å². The molecule has 37 heavy (non-hydrogen) atoms. The Kier molecular flexibility index (Phi) is 8.72. The first-order chi connectivity index (χ1) is 17.6. The zero-order chi connectivity index (χ0) is 26.8. The van der Waals surface area contributed by atoms with Crippen molar-refractivity contribution in [2.45, 2.75) is 102 Å². The topological polar surface area (TPSA) is 91.0 Å². The molecule has 4 heterocycles. The third-order valence-electron chi connectivity index (χ3n) is 7.73. The van der Waals surface area contributed by atoms with Crippen molar-refractivity contribution in [3.05, 3.63) is 38.8 Å². The summed E-state index contributed by atoms with van der Waals surface area (Å²) in [7, 11) is 0. The van der Waals surface area contributed by atoms with Crippen molar-refractivity contribution in [3.63, 3.8) is 0 Å². The SMILES string of the molecule is CC.OCc1c(C(F)(F)F)sc2c1CCOC21CCN(Cc2cnn(CC(O)CC3(O)CCC3)c2)CC1. The molecule has 0 aromatic carbocycles. The standard InChI is InChI=1S/C24H32F3N3O4S.C2H6/c25-24(26,27)21-19(15-31)18-2-9-34-23(20(18)35-21)5-7-29(8-6-23)12-16-11-28-30(13-16)14-17(32)10-22(33)3-1-4-22;1-2/h11,13,17,31-33H,1-10,12,14-15H2;1-2H3. The molecule has 1 saturated carbocycles. The Morgan fingerprint density at radius 2 is 1.89 bits per heavy atom. The molecule has 7 nitrogen and oxygen atoms in total. The van der Waals surface area contributed by atoms with Gasteiger partial charge in [0.1, 0.15) is 10.5 Å². The molecule has 3 aliphatic rings. The van der Waals surface area contributed by atoms with Crippen LogP contribution in [0.25, 0.3) is 0 Å². The van der Waals surface area contributed by atoms with Gasteiger partial charge in [-0.15, -0.1) is 11.3 Å². The summed E-state index contributed by atoms with van der Waals surface area (Å²) < 4.78 is 48.6. The number of fused-ring (bicyclic) bond motifs is 2. The van der Waals surface area contributed by atoms with Gasteiger partial charge in [-0.3, -0.25) is 9.58 Å². The maximum absolute atomic E-state index is 13.6. The minimum Gasteiger partial charge on any atom is -0.392 e. The van der Waals surface area contributed by atoms with Crippen LogP contribution < -0.4 is 0 Å². The Morgan fingerprint density at radius 3 is 2.49 bits per heavy atom. The monoisotopic (exact) mass is 545 g/mol. The van der Waals surface area contributed by atoms with Crippen LogP contribution in [0.4, 0.5) is 13.2 Å². The molecule has 1 spiro atoms. The predicted octanol–water partition coefficient (Wildman–Crippen LogP) is 4.21. The van der Waals surface area contributed by atoms with E-state index in [-0.39, 0.29) is 5.56 Å². The number of thiophene rings is 1. The molecule has 11 heteroatoms. The van der Waals surface area contributed by atoms with Gasteiger partial charge in [0.15, 0.2) is 0 Å². The van der Waals surface area contributed by atoms with Crippen LogP contribution in [0.15, 0.2) is 12.4 Å². The summed E-state index contributed by atoms with van der Waals surface area (Å²) in [6, 6.07) is 0. The van der Waals surface area contributed by atoms with Crippen LogP contribution in [-0.2, 0) is 42.6 Å². The zero-order valence-electron chi connectivity index (χ0n) is 21.6. The first-order valence-electron chi connectivity index (χ1n) is 13.2. The molecule has 0 radical (unpaired) electrons. The number of hydrogen-bond acceptors (Lipinski definition) is 7. The van der Waals surface area contributed by atoms with Gasteiger partial charge in [0.05, 0.1) is 37.7 Å². The molecular weight excluding hydrogens is 507 g/mol. The molecule has 1 atom stereocenters. The number of ether oxygens (including phenoxy) is 1. The molecule has 2 aromatic heterocycles. The average molecular weight is 546 g/mol. The minimum atomic E-state index is -4.48. The highest BCUT2D eigenvalue weighted by molar-refractivity contribution is 7.12. The van der Waals surface area contributed by atoms with E-state index < -0.39 is 35.0 Å². The molecule has 2 aromatic rings. The Labute approximate surface area is 219 Å². The summed E-state index contributed by atoms with van der Waals surface area (Å²) >= 11 is 0.739. The first kappa shape index (κ1) is 28.5. The summed E-state index contributed by atoms with van der Waals surface area (Å²) in [5, 5.41) is 34.6. The zero-order valence-corrected chi connectivity index (χ0v) is 22.4. The van der Waals surface area contributed by atoms with E-state index in [1.165, 1.54) is 0 Å². The van der Waals surface area contributed by atoms with Crippen molar-refractivity contribution < 1.29 is 33.2 Å². The Morgan fingerprint density at radius 1 is 1.19 bits per heavy atom. The molecule has 0 bridgehead atoms. The van der Waals surface area contributed by atoms with Crippen molar-refractivity contribution in [1.82, 2.24) is 14.7 Å². The van der Waals surface area contributed by atoms with Gasteiger partial charge in [-0.2, -0.15) is 18.3 Å². The minimum absolute atomic E-state index is 0.0154. The van der Waals surface area contributed by atoms with Crippen molar-refractivity contribution in [2.24, 2.45) is 0 Å². The fourth-order valence-electron chi connectivity index (χ4n) is 5.74. The molecule has 0 amide bonds. The largest absolute Gasteiger partial charge is 0.425 e. The number of likely N-dealkylation sites (tertiary alicyclic amines) is 1. The predicted molar refractivity (Wildman–Crippen MR) is 134 cm³/mol. The molecule has 2 aliphatic heterocycles. The van der Waals surface area contributed by atoms with Gasteiger partial charge in [-0.05, 0) is 44.1 Å². The number of aliphatic hydroxyl groups excluding tert-OH is 2. The molecule has 2 fully saturated rings. The third kappa shape index (κ3) is 6.07. The van der Waals surface area contributed by atoms with Crippen molar-refractivity contribution in [1.29, 1.82) is 0 Å². The van der Waals surface area contributed by atoms with Crippen LogP contribution in [0.3, 0.4) is 0 Å². The number of rotatable bonds is 7. The smallest absolute Gasteiger partial charge is 0.392 e. The molecular formula is C26H38F3N3O4S. The molecule has 1 unspecified atom stereocenters. The lowest BCUT2D eigenvalue weighted by Gasteiger charge is -2.43. The van der Waals surface area contributed by atoms with Crippen LogP contribution in [0.2, 0.25) is 0 Å². The molecule has 1 saturated heterocycles. The quantitative estimate of drug-likeness (QED) is 0.483. The summed E-state index contributed by atoms with van der Waals surface area (Å²) in [5.41, 5.74) is 0.177. The number of halogens is 3. The lowest BCUT2D eigenvalue weighted by molar-refractivity contribution is -0.135. The van der Waals surface area contributed by atoms with Gasteiger partial charge < -0.3 is 20.1 Å². The second-order valence-electron chi connectivity index (χ2n) is 10.2. The van der Waals surface area contributed by atoms with Gasteiger partial charge >= 0.3 is 6.18 Å². The fourth-order valence-corrected chi connectivity index (χ4v) is 7.17. The lowest BCUT2D eigenvalue weighted by Crippen LogP contribution is -2.45. The van der Waals surface area contributed by atoms with Crippen LogP contribution in [-0.4, -0.2) is 61.4 Å². The number of piperidine rings is 1. The van der Waals surface area contributed by atoms with Crippen LogP contribution in [0.1, 0.15) is 78.8 Å². The van der Waals surface area contributed by atoms with E-state index in [1.54, 1.807) is 10.9 Å². The fraction of sp³-hybridized carbons (Fsp3) is 0.731. The van der Waals surface area contributed by atoms with E-state index in [0.29, 0.717) is 68.9 Å². The number of nitrogens with zero attached hydrogens (tertiary/aromatic N) is 3. The summed E-state index contributed by atoms with van der Waals surface area (Å²) in [4.78, 5) is 2.18. The van der Waals surface area contributed by atoms with E-state index in [1.807, 2.05) is 20.0 Å². The summed E-state index contributed by atoms with van der Waals surface area (Å²) in [6.45, 7) is 6.08. The Hall–Kier alpha value is -1.50. The third-order valence-corrected chi connectivity index (χ3v) is 9.24. The highest BCUT2D eigenvalue weighted by Crippen LogP contribution is 2.50. The maximum atomic E-state index is 13.6. The number of aliphatic hydroxyl groups is 3. The van der Waals surface area contributed by atoms with Gasteiger partial charge in [-0.1, -0.05) is 13.8 Å². The van der Waals surface area contributed by atoms with Crippen molar-refractivity contribution >= 4 is 11.3 Å². The first-order valence-corrected chi connectivity index (χ1v) is 14.0. The second-order valence-corrected chi connectivity index (χ2v) is 11.3. The second kappa shape index (κ2) is 11.3. The molecule has 1 aliphatic carbocycles. The number of aromatic nitrogens is 2. The van der Waals surface area contributed by atoms with Gasteiger partial charge in [-0.25, -0.2) is 0 Å². The van der Waals surface area contributed by atoms with Crippen LogP contribution in [0.5, 0.6) is 0 Å². The van der Waals surface area contributed by atoms with E-state index in [9.17, 15) is 28.5 Å². The normalized spacial score (nSPS) is 21.6. The summed E-state index contributed by atoms with van der Waals surface area (Å²) in [6.07, 6.45) is 2.94. The van der Waals surface area contributed by atoms with Crippen LogP contribution in [0, 0.1) is 0 Å². The average Bonchev–Trinajstić information content (AvgIpc) is 3.45. The van der Waals surface area contributed by atoms with Crippen molar-refractivity contribution in [2.75, 3.05) is 19.7 Å². The molecule has 5 rings (SSSR count). The highest BCUT2D eigenvalue weighted by Gasteiger charge is 2.47. The molecule has 208 valence electrons. The van der Waals surface area contributed by atoms with E-state index in [2.05, 4.69) is 10.00 Å².